The molecule has 1 aliphatic carbocycles. The first kappa shape index (κ1) is 15.6. The van der Waals surface area contributed by atoms with Crippen molar-refractivity contribution in [2.24, 2.45) is 5.92 Å². The van der Waals surface area contributed by atoms with Crippen LogP contribution in [0.3, 0.4) is 0 Å². The molecule has 0 radical (unpaired) electrons. The van der Waals surface area contributed by atoms with E-state index < -0.39 is 0 Å². The SMILES string of the molecule is N#CCCCCC(C#N)(c1ccccc1)C1CCCCC1. The molecule has 2 heteroatoms. The van der Waals surface area contributed by atoms with E-state index in [0.29, 0.717) is 12.3 Å². The van der Waals surface area contributed by atoms with Crippen LogP contribution >= 0.6 is 0 Å². The number of rotatable bonds is 6. The standard InChI is InChI=1S/C19H24N2/c20-15-9-3-8-14-19(16-21,17-10-4-1-5-11-17)18-12-6-2-7-13-18/h1,4-5,10-11,18H,2-3,6-9,12-14H2. The van der Waals surface area contributed by atoms with Gasteiger partial charge in [0.05, 0.1) is 17.6 Å². The normalized spacial score (nSPS) is 18.4. The molecule has 0 heterocycles. The van der Waals surface area contributed by atoms with Gasteiger partial charge in [0.1, 0.15) is 0 Å². The molecular formula is C19H24N2. The van der Waals surface area contributed by atoms with Crippen LogP contribution in [-0.2, 0) is 5.41 Å². The largest absolute Gasteiger partial charge is 0.198 e. The Balaban J connectivity index is 2.23. The lowest BCUT2D eigenvalue weighted by atomic mass is 9.63. The lowest BCUT2D eigenvalue weighted by molar-refractivity contribution is 0.235. The number of benzene rings is 1. The molecule has 2 nitrogen and oxygen atoms in total. The Morgan fingerprint density at radius 3 is 2.33 bits per heavy atom. The predicted octanol–water partition coefficient (Wildman–Crippen LogP) is 5.11. The second-order valence-electron chi connectivity index (χ2n) is 6.15. The van der Waals surface area contributed by atoms with Gasteiger partial charge in [0, 0.05) is 6.42 Å². The highest BCUT2D eigenvalue weighted by atomic mass is 14.5. The van der Waals surface area contributed by atoms with Crippen LogP contribution in [0.5, 0.6) is 0 Å². The summed E-state index contributed by atoms with van der Waals surface area (Å²) >= 11 is 0. The molecule has 1 saturated carbocycles. The fourth-order valence-electron chi connectivity index (χ4n) is 3.73. The second-order valence-corrected chi connectivity index (χ2v) is 6.15. The van der Waals surface area contributed by atoms with Crippen LogP contribution in [0.2, 0.25) is 0 Å². The summed E-state index contributed by atoms with van der Waals surface area (Å²) in [6.07, 6.45) is 9.49. The number of unbranched alkanes of at least 4 members (excludes halogenated alkanes) is 2. The monoisotopic (exact) mass is 280 g/mol. The van der Waals surface area contributed by atoms with Crippen molar-refractivity contribution in [3.63, 3.8) is 0 Å². The maximum absolute atomic E-state index is 10.0. The highest BCUT2D eigenvalue weighted by Gasteiger charge is 2.40. The van der Waals surface area contributed by atoms with E-state index in [-0.39, 0.29) is 5.41 Å². The van der Waals surface area contributed by atoms with E-state index >= 15 is 0 Å². The average Bonchev–Trinajstić information content (AvgIpc) is 2.57. The summed E-state index contributed by atoms with van der Waals surface area (Å²) in [6, 6.07) is 15.2. The third-order valence-electron chi connectivity index (χ3n) is 4.90. The number of hydrogen-bond donors (Lipinski definition) is 0. The van der Waals surface area contributed by atoms with Gasteiger partial charge in [-0.2, -0.15) is 10.5 Å². The molecule has 1 aromatic rings. The maximum atomic E-state index is 10.0. The van der Waals surface area contributed by atoms with Crippen molar-refractivity contribution in [2.45, 2.75) is 63.2 Å². The third-order valence-corrected chi connectivity index (χ3v) is 4.90. The molecule has 0 spiro atoms. The van der Waals surface area contributed by atoms with Crippen LogP contribution < -0.4 is 0 Å². The first-order valence-corrected chi connectivity index (χ1v) is 8.17. The number of nitrogens with zero attached hydrogens (tertiary/aromatic N) is 2. The predicted molar refractivity (Wildman–Crippen MR) is 84.4 cm³/mol. The van der Waals surface area contributed by atoms with Crippen LogP contribution in [-0.4, -0.2) is 0 Å². The van der Waals surface area contributed by atoms with Gasteiger partial charge in [-0.05, 0) is 37.2 Å². The molecule has 1 aromatic carbocycles. The van der Waals surface area contributed by atoms with E-state index in [4.69, 9.17) is 5.26 Å². The molecule has 0 bridgehead atoms. The Morgan fingerprint density at radius 1 is 1.00 bits per heavy atom. The Morgan fingerprint density at radius 2 is 1.71 bits per heavy atom. The lowest BCUT2D eigenvalue weighted by Gasteiger charge is -2.38. The van der Waals surface area contributed by atoms with Gasteiger partial charge in [0.25, 0.3) is 0 Å². The van der Waals surface area contributed by atoms with E-state index in [1.165, 1.54) is 37.7 Å². The van der Waals surface area contributed by atoms with E-state index in [9.17, 15) is 5.26 Å². The van der Waals surface area contributed by atoms with Gasteiger partial charge in [0.15, 0.2) is 0 Å². The molecule has 110 valence electrons. The average molecular weight is 280 g/mol. The molecule has 2 rings (SSSR count). The zero-order valence-electron chi connectivity index (χ0n) is 12.7. The summed E-state index contributed by atoms with van der Waals surface area (Å²) in [7, 11) is 0. The van der Waals surface area contributed by atoms with Crippen LogP contribution in [0, 0.1) is 28.6 Å². The van der Waals surface area contributed by atoms with Gasteiger partial charge in [-0.3, -0.25) is 0 Å². The van der Waals surface area contributed by atoms with Crippen molar-refractivity contribution in [1.82, 2.24) is 0 Å². The maximum Gasteiger partial charge on any atom is 0.0850 e. The molecule has 1 aliphatic rings. The molecule has 1 atom stereocenters. The summed E-state index contributed by atoms with van der Waals surface area (Å²) in [5.41, 5.74) is 0.827. The summed E-state index contributed by atoms with van der Waals surface area (Å²) < 4.78 is 0. The molecule has 0 aromatic heterocycles. The Labute approximate surface area is 128 Å². The van der Waals surface area contributed by atoms with Gasteiger partial charge in [-0.15, -0.1) is 0 Å². The smallest absolute Gasteiger partial charge is 0.0850 e. The molecule has 0 N–H and O–H groups in total. The van der Waals surface area contributed by atoms with Crippen molar-refractivity contribution >= 4 is 0 Å². The number of nitriles is 2. The van der Waals surface area contributed by atoms with Gasteiger partial charge < -0.3 is 0 Å². The molecule has 0 amide bonds. The fourth-order valence-corrected chi connectivity index (χ4v) is 3.73. The summed E-state index contributed by atoms with van der Waals surface area (Å²) in [5.74, 6) is 0.473. The molecule has 1 fully saturated rings. The summed E-state index contributed by atoms with van der Waals surface area (Å²) in [4.78, 5) is 0. The highest BCUT2D eigenvalue weighted by molar-refractivity contribution is 5.33. The van der Waals surface area contributed by atoms with Gasteiger partial charge in [-0.1, -0.05) is 56.0 Å². The molecule has 1 unspecified atom stereocenters. The van der Waals surface area contributed by atoms with E-state index in [2.05, 4.69) is 24.3 Å². The molecular weight excluding hydrogens is 256 g/mol. The van der Waals surface area contributed by atoms with Crippen LogP contribution in [0.1, 0.15) is 63.4 Å². The third kappa shape index (κ3) is 3.64. The van der Waals surface area contributed by atoms with Crippen molar-refractivity contribution in [3.05, 3.63) is 35.9 Å². The minimum atomic E-state index is -0.350. The topological polar surface area (TPSA) is 47.6 Å². The Bertz CT molecular complexity index is 503. The molecule has 0 saturated heterocycles. The van der Waals surface area contributed by atoms with Crippen molar-refractivity contribution < 1.29 is 0 Å². The zero-order chi connectivity index (χ0) is 15.0. The Kier molecular flexibility index (Phi) is 5.82. The minimum Gasteiger partial charge on any atom is -0.198 e. The van der Waals surface area contributed by atoms with E-state index in [0.717, 1.165) is 19.3 Å². The Hall–Kier alpha value is -1.80. The van der Waals surface area contributed by atoms with Crippen molar-refractivity contribution in [3.8, 4) is 12.1 Å². The van der Waals surface area contributed by atoms with Crippen molar-refractivity contribution in [2.75, 3.05) is 0 Å². The lowest BCUT2D eigenvalue weighted by Crippen LogP contribution is -2.35. The highest BCUT2D eigenvalue weighted by Crippen LogP contribution is 2.44. The van der Waals surface area contributed by atoms with Gasteiger partial charge >= 0.3 is 0 Å². The fraction of sp³-hybridized carbons (Fsp3) is 0.579. The van der Waals surface area contributed by atoms with Crippen molar-refractivity contribution in [1.29, 1.82) is 10.5 Å². The molecule has 21 heavy (non-hydrogen) atoms. The molecule has 0 aliphatic heterocycles. The summed E-state index contributed by atoms with van der Waals surface area (Å²) in [6.45, 7) is 0. The van der Waals surface area contributed by atoms with Gasteiger partial charge in [0.2, 0.25) is 0 Å². The summed E-state index contributed by atoms with van der Waals surface area (Å²) in [5, 5.41) is 18.7. The van der Waals surface area contributed by atoms with E-state index in [1.54, 1.807) is 0 Å². The minimum absolute atomic E-state index is 0.350. The number of hydrogen-bond acceptors (Lipinski definition) is 2. The quantitative estimate of drug-likeness (QED) is 0.679. The first-order chi connectivity index (χ1) is 10.3. The second kappa shape index (κ2) is 7.84. The van der Waals surface area contributed by atoms with Gasteiger partial charge in [-0.25, -0.2) is 0 Å². The van der Waals surface area contributed by atoms with Crippen LogP contribution in [0.15, 0.2) is 30.3 Å². The van der Waals surface area contributed by atoms with E-state index in [1.807, 2.05) is 18.2 Å². The van der Waals surface area contributed by atoms with Crippen LogP contribution in [0.4, 0.5) is 0 Å². The first-order valence-electron chi connectivity index (χ1n) is 8.17. The zero-order valence-corrected chi connectivity index (χ0v) is 12.7. The van der Waals surface area contributed by atoms with Crippen LogP contribution in [0.25, 0.3) is 0 Å².